The van der Waals surface area contributed by atoms with Gasteiger partial charge in [-0.2, -0.15) is 0 Å². The van der Waals surface area contributed by atoms with E-state index in [2.05, 4.69) is 20.4 Å². The van der Waals surface area contributed by atoms with E-state index in [1.165, 1.54) is 23.9 Å². The first-order valence-corrected chi connectivity index (χ1v) is 9.80. The van der Waals surface area contributed by atoms with Crippen LogP contribution in [0.4, 0.5) is 10.3 Å². The van der Waals surface area contributed by atoms with Crippen LogP contribution in [0, 0.1) is 5.82 Å². The molecule has 27 heavy (non-hydrogen) atoms. The number of thioether (sulfide) groups is 1. The minimum Gasteiger partial charge on any atom is -0.378 e. The Kier molecular flexibility index (Phi) is 6.01. The van der Waals surface area contributed by atoms with Gasteiger partial charge >= 0.3 is 0 Å². The molecule has 1 aromatic heterocycles. The van der Waals surface area contributed by atoms with Crippen molar-refractivity contribution >= 4 is 23.6 Å². The normalized spacial score (nSPS) is 15.0. The smallest absolute Gasteiger partial charge is 0.232 e. The van der Waals surface area contributed by atoms with Gasteiger partial charge in [-0.05, 0) is 39.0 Å². The average molecular weight is 393 g/mol. The molecule has 0 bridgehead atoms. The third-order valence-corrected chi connectivity index (χ3v) is 4.75. The first-order valence-electron chi connectivity index (χ1n) is 8.81. The van der Waals surface area contributed by atoms with E-state index in [0.29, 0.717) is 43.1 Å². The van der Waals surface area contributed by atoms with Crippen molar-refractivity contribution in [2.24, 2.45) is 0 Å². The van der Waals surface area contributed by atoms with Crippen molar-refractivity contribution in [3.05, 3.63) is 30.1 Å². The number of rotatable bonds is 5. The molecule has 1 amide bonds. The first kappa shape index (κ1) is 19.6. The van der Waals surface area contributed by atoms with Crippen LogP contribution >= 0.6 is 11.8 Å². The summed E-state index contributed by atoms with van der Waals surface area (Å²) < 4.78 is 21.0. The molecule has 0 atom stereocenters. The molecular weight excluding hydrogens is 369 g/mol. The molecule has 2 aromatic rings. The Morgan fingerprint density at radius 3 is 2.70 bits per heavy atom. The number of anilines is 1. The summed E-state index contributed by atoms with van der Waals surface area (Å²) in [7, 11) is 0. The molecule has 0 aliphatic carbocycles. The van der Waals surface area contributed by atoms with Crippen LogP contribution in [-0.4, -0.2) is 58.3 Å². The Morgan fingerprint density at radius 1 is 1.30 bits per heavy atom. The number of nitrogens with one attached hydrogen (secondary N) is 1. The SMILES string of the molecule is CC(C)(C)NC(=O)CSc1nnc(N2CCOCC2)n1-c1cccc(F)c1. The molecule has 0 radical (unpaired) electrons. The van der Waals surface area contributed by atoms with Crippen LogP contribution in [0.15, 0.2) is 29.4 Å². The van der Waals surface area contributed by atoms with Gasteiger partial charge in [-0.25, -0.2) is 4.39 Å². The molecule has 0 saturated carbocycles. The molecule has 3 rings (SSSR count). The van der Waals surface area contributed by atoms with Gasteiger partial charge < -0.3 is 15.0 Å². The Labute approximate surface area is 162 Å². The molecular formula is C18H24FN5O2S. The minimum absolute atomic E-state index is 0.0887. The Bertz CT molecular complexity index is 799. The van der Waals surface area contributed by atoms with Crippen LogP contribution in [0.5, 0.6) is 0 Å². The summed E-state index contributed by atoms with van der Waals surface area (Å²) in [6.45, 7) is 8.37. The highest BCUT2D eigenvalue weighted by Gasteiger charge is 2.23. The Balaban J connectivity index is 1.87. The van der Waals surface area contributed by atoms with Gasteiger partial charge in [-0.3, -0.25) is 9.36 Å². The van der Waals surface area contributed by atoms with Gasteiger partial charge in [0.05, 0.1) is 24.7 Å². The van der Waals surface area contributed by atoms with E-state index in [9.17, 15) is 9.18 Å². The van der Waals surface area contributed by atoms with Crippen LogP contribution in [0.25, 0.3) is 5.69 Å². The molecule has 1 aliphatic rings. The van der Waals surface area contributed by atoms with Gasteiger partial charge in [0.2, 0.25) is 11.9 Å². The van der Waals surface area contributed by atoms with E-state index in [4.69, 9.17) is 4.74 Å². The molecule has 1 aromatic carbocycles. The standard InChI is InChI=1S/C18H24FN5O2S/c1-18(2,3)20-15(25)12-27-17-22-21-16(23-7-9-26-10-8-23)24(17)14-6-4-5-13(19)11-14/h4-6,11H,7-10,12H2,1-3H3,(H,20,25). The van der Waals surface area contributed by atoms with Gasteiger partial charge in [0.25, 0.3) is 0 Å². The van der Waals surface area contributed by atoms with Crippen molar-refractivity contribution in [1.29, 1.82) is 0 Å². The van der Waals surface area contributed by atoms with Crippen molar-refractivity contribution in [3.63, 3.8) is 0 Å². The van der Waals surface area contributed by atoms with Gasteiger partial charge in [0.15, 0.2) is 5.16 Å². The van der Waals surface area contributed by atoms with Crippen LogP contribution in [-0.2, 0) is 9.53 Å². The molecule has 7 nitrogen and oxygen atoms in total. The summed E-state index contributed by atoms with van der Waals surface area (Å²) in [6, 6.07) is 6.28. The van der Waals surface area contributed by atoms with Crippen molar-refractivity contribution in [2.45, 2.75) is 31.5 Å². The van der Waals surface area contributed by atoms with Gasteiger partial charge in [-0.1, -0.05) is 17.8 Å². The topological polar surface area (TPSA) is 72.3 Å². The molecule has 2 heterocycles. The van der Waals surface area contributed by atoms with Gasteiger partial charge in [0, 0.05) is 18.6 Å². The summed E-state index contributed by atoms with van der Waals surface area (Å²) in [5, 5.41) is 12.0. The molecule has 1 aliphatic heterocycles. The monoisotopic (exact) mass is 393 g/mol. The van der Waals surface area contributed by atoms with E-state index in [1.807, 2.05) is 20.8 Å². The van der Waals surface area contributed by atoms with E-state index < -0.39 is 0 Å². The quantitative estimate of drug-likeness (QED) is 0.786. The third kappa shape index (κ3) is 5.20. The highest BCUT2D eigenvalue weighted by atomic mass is 32.2. The number of carbonyl (C=O) groups excluding carboxylic acids is 1. The lowest BCUT2D eigenvalue weighted by Gasteiger charge is -2.28. The summed E-state index contributed by atoms with van der Waals surface area (Å²) in [5.41, 5.74) is 0.326. The predicted octanol–water partition coefficient (Wildman–Crippen LogP) is 2.25. The van der Waals surface area contributed by atoms with E-state index in [-0.39, 0.29) is 23.0 Å². The largest absolute Gasteiger partial charge is 0.378 e. The molecule has 1 fully saturated rings. The number of hydrogen-bond acceptors (Lipinski definition) is 6. The number of halogens is 1. The number of ether oxygens (including phenoxy) is 1. The fourth-order valence-corrected chi connectivity index (χ4v) is 3.50. The highest BCUT2D eigenvalue weighted by Crippen LogP contribution is 2.27. The zero-order valence-corrected chi connectivity index (χ0v) is 16.6. The zero-order chi connectivity index (χ0) is 19.4. The van der Waals surface area contributed by atoms with Crippen molar-refractivity contribution in [1.82, 2.24) is 20.1 Å². The Morgan fingerprint density at radius 2 is 2.04 bits per heavy atom. The van der Waals surface area contributed by atoms with E-state index in [0.717, 1.165) is 0 Å². The lowest BCUT2D eigenvalue weighted by atomic mass is 10.1. The second kappa shape index (κ2) is 8.26. The van der Waals surface area contributed by atoms with Crippen LogP contribution in [0.2, 0.25) is 0 Å². The van der Waals surface area contributed by atoms with E-state index >= 15 is 0 Å². The molecule has 9 heteroatoms. The van der Waals surface area contributed by atoms with Crippen LogP contribution < -0.4 is 10.2 Å². The molecule has 1 saturated heterocycles. The molecule has 0 spiro atoms. The first-order chi connectivity index (χ1) is 12.8. The van der Waals surface area contributed by atoms with Gasteiger partial charge in [0.1, 0.15) is 5.82 Å². The highest BCUT2D eigenvalue weighted by molar-refractivity contribution is 7.99. The molecule has 0 unspecified atom stereocenters. The maximum atomic E-state index is 13.8. The summed E-state index contributed by atoms with van der Waals surface area (Å²) in [5.74, 6) is 0.404. The minimum atomic E-state index is -0.337. The number of aromatic nitrogens is 3. The maximum absolute atomic E-state index is 13.8. The lowest BCUT2D eigenvalue weighted by molar-refractivity contribution is -0.119. The number of hydrogen-bond donors (Lipinski definition) is 1. The fourth-order valence-electron chi connectivity index (χ4n) is 2.75. The van der Waals surface area contributed by atoms with E-state index in [1.54, 1.807) is 16.7 Å². The summed E-state index contributed by atoms with van der Waals surface area (Å²) >= 11 is 1.28. The summed E-state index contributed by atoms with van der Waals surface area (Å²) in [4.78, 5) is 14.2. The van der Waals surface area contributed by atoms with Crippen molar-refractivity contribution < 1.29 is 13.9 Å². The maximum Gasteiger partial charge on any atom is 0.232 e. The van der Waals surface area contributed by atoms with Gasteiger partial charge in [-0.15, -0.1) is 10.2 Å². The summed E-state index contributed by atoms with van der Waals surface area (Å²) in [6.07, 6.45) is 0. The zero-order valence-electron chi connectivity index (χ0n) is 15.7. The number of benzene rings is 1. The van der Waals surface area contributed by atoms with Crippen molar-refractivity contribution in [3.8, 4) is 5.69 Å². The van der Waals surface area contributed by atoms with Crippen LogP contribution in [0.1, 0.15) is 20.8 Å². The average Bonchev–Trinajstić information content (AvgIpc) is 3.03. The van der Waals surface area contributed by atoms with Crippen LogP contribution in [0.3, 0.4) is 0 Å². The third-order valence-electron chi connectivity index (χ3n) is 3.82. The number of morpholine rings is 1. The Hall–Kier alpha value is -2.13. The second-order valence-electron chi connectivity index (χ2n) is 7.28. The number of amides is 1. The predicted molar refractivity (Wildman–Crippen MR) is 103 cm³/mol. The lowest BCUT2D eigenvalue weighted by Crippen LogP contribution is -2.41. The number of nitrogens with zero attached hydrogens (tertiary/aromatic N) is 4. The number of carbonyl (C=O) groups is 1. The molecule has 1 N–H and O–H groups in total. The second-order valence-corrected chi connectivity index (χ2v) is 8.23. The van der Waals surface area contributed by atoms with Crippen molar-refractivity contribution in [2.75, 3.05) is 37.0 Å². The molecule has 146 valence electrons. The fraction of sp³-hybridized carbons (Fsp3) is 0.500.